The molecular weight excluding hydrogens is 723 g/mol. The molecule has 0 amide bonds. The molecule has 0 bridgehead atoms. The zero-order valence-corrected chi connectivity index (χ0v) is 31.4. The molecule has 280 valence electrons. The Morgan fingerprint density at radius 1 is 0.818 bits per heavy atom. The molecule has 1 aliphatic carbocycles. The third kappa shape index (κ3) is 8.90. The highest BCUT2D eigenvalue weighted by molar-refractivity contribution is 6.30. The molecule has 4 heterocycles. The van der Waals surface area contributed by atoms with Crippen LogP contribution in [0.25, 0.3) is 22.5 Å². The van der Waals surface area contributed by atoms with Gasteiger partial charge in [0.2, 0.25) is 0 Å². The highest BCUT2D eigenvalue weighted by Gasteiger charge is 2.27. The fourth-order valence-corrected chi connectivity index (χ4v) is 6.11. The molecule has 1 saturated carbocycles. The average molecular weight is 761 g/mol. The Morgan fingerprint density at radius 2 is 1.45 bits per heavy atom. The second-order valence-electron chi connectivity index (χ2n) is 13.0. The summed E-state index contributed by atoms with van der Waals surface area (Å²) in [5.41, 5.74) is 4.03. The monoisotopic (exact) mass is 760 g/mol. The number of hydrogen-bond donors (Lipinski definition) is 2. The van der Waals surface area contributed by atoms with Gasteiger partial charge in [0.15, 0.2) is 11.6 Å². The van der Waals surface area contributed by atoms with Crippen LogP contribution in [-0.4, -0.2) is 41.1 Å². The molecule has 2 N–H and O–H groups in total. The molecule has 0 radical (unpaired) electrons. The molecule has 0 atom stereocenters. The first-order chi connectivity index (χ1) is 26.4. The fraction of sp³-hybridized carbons (Fsp3) is 0.220. The molecule has 12 nitrogen and oxygen atoms in total. The predicted molar refractivity (Wildman–Crippen MR) is 211 cm³/mol. The number of rotatable bonds is 11. The Balaban J connectivity index is 0.000000187. The van der Waals surface area contributed by atoms with Crippen LogP contribution in [0, 0.1) is 18.7 Å². The average Bonchev–Trinajstić information content (AvgIpc) is 3.99. The van der Waals surface area contributed by atoms with Crippen molar-refractivity contribution >= 4 is 45.9 Å². The van der Waals surface area contributed by atoms with Crippen LogP contribution < -0.4 is 21.8 Å². The predicted octanol–water partition coefficient (Wildman–Crippen LogP) is 8.03. The lowest BCUT2D eigenvalue weighted by Gasteiger charge is -2.16. The van der Waals surface area contributed by atoms with Gasteiger partial charge in [0.05, 0.1) is 34.4 Å². The first kappa shape index (κ1) is 38.4. The summed E-state index contributed by atoms with van der Waals surface area (Å²) in [4.78, 5) is 59.3. The van der Waals surface area contributed by atoms with Gasteiger partial charge in [-0.1, -0.05) is 23.7 Å². The molecule has 2 aromatic carbocycles. The molecule has 1 aliphatic rings. The van der Waals surface area contributed by atoms with Gasteiger partial charge in [-0.3, -0.25) is 29.1 Å². The van der Waals surface area contributed by atoms with Crippen LogP contribution in [-0.2, 0) is 13.1 Å². The fourth-order valence-electron chi connectivity index (χ4n) is 5.92. The largest absolute Gasteiger partial charge is 0.349 e. The van der Waals surface area contributed by atoms with Crippen LogP contribution in [0.5, 0.6) is 0 Å². The molecule has 55 heavy (non-hydrogen) atoms. The normalized spacial score (nSPS) is 12.0. The lowest BCUT2D eigenvalue weighted by Crippen LogP contribution is -2.29. The number of pyridine rings is 2. The number of aromatic nitrogens is 6. The maximum absolute atomic E-state index is 13.4. The van der Waals surface area contributed by atoms with E-state index in [2.05, 4.69) is 30.8 Å². The van der Waals surface area contributed by atoms with E-state index in [4.69, 9.17) is 11.6 Å². The Kier molecular flexibility index (Phi) is 11.7. The summed E-state index contributed by atoms with van der Waals surface area (Å²) >= 11 is 6.12. The number of hydrogen-bond acceptors (Lipinski definition) is 10. The number of Topliss-reactive ketones (excluding diaryl/α,β-unsaturated/α-hetero) is 2. The Morgan fingerprint density at radius 3 is 2.05 bits per heavy atom. The summed E-state index contributed by atoms with van der Waals surface area (Å²) in [7, 11) is 0. The number of halogens is 2. The first-order valence-electron chi connectivity index (χ1n) is 17.6. The van der Waals surface area contributed by atoms with Gasteiger partial charge in [-0.15, -0.1) is 0 Å². The number of ketones is 2. The minimum atomic E-state index is -0.381. The lowest BCUT2D eigenvalue weighted by molar-refractivity contribution is 0.101. The van der Waals surface area contributed by atoms with Gasteiger partial charge in [0.25, 0.3) is 11.1 Å². The summed E-state index contributed by atoms with van der Waals surface area (Å²) in [5, 5.41) is 15.6. The van der Waals surface area contributed by atoms with Crippen LogP contribution in [0.15, 0.2) is 101 Å². The highest BCUT2D eigenvalue weighted by Crippen LogP contribution is 2.33. The zero-order valence-electron chi connectivity index (χ0n) is 30.6. The van der Waals surface area contributed by atoms with E-state index in [1.54, 1.807) is 67.1 Å². The van der Waals surface area contributed by atoms with E-state index in [1.165, 1.54) is 35.3 Å². The second-order valence-corrected chi connectivity index (χ2v) is 13.4. The van der Waals surface area contributed by atoms with Crippen molar-refractivity contribution < 1.29 is 14.0 Å². The maximum Gasteiger partial charge on any atom is 0.291 e. The number of benzene rings is 2. The summed E-state index contributed by atoms with van der Waals surface area (Å²) in [6.45, 7) is 7.32. The Hall–Kier alpha value is -6.34. The van der Waals surface area contributed by atoms with E-state index in [1.807, 2.05) is 26.0 Å². The van der Waals surface area contributed by atoms with Crippen LogP contribution in [0.4, 0.5) is 27.1 Å². The van der Waals surface area contributed by atoms with Crippen LogP contribution >= 0.6 is 11.6 Å². The number of carbonyl (C=O) groups excluding carboxylic acids is 2. The van der Waals surface area contributed by atoms with Gasteiger partial charge in [-0.2, -0.15) is 10.2 Å². The van der Waals surface area contributed by atoms with Crippen LogP contribution in [0.2, 0.25) is 5.02 Å². The third-order valence-electron chi connectivity index (χ3n) is 8.86. The van der Waals surface area contributed by atoms with Crippen molar-refractivity contribution in [2.75, 3.05) is 10.6 Å². The molecular formula is C41H38ClFN8O4. The quantitative estimate of drug-likeness (QED) is 0.124. The number of nitrogens with zero attached hydrogens (tertiary/aromatic N) is 6. The summed E-state index contributed by atoms with van der Waals surface area (Å²) < 4.78 is 16.1. The molecule has 0 unspecified atom stereocenters. The first-order valence-corrected chi connectivity index (χ1v) is 18.0. The van der Waals surface area contributed by atoms with E-state index in [9.17, 15) is 23.6 Å². The number of carbonyl (C=O) groups is 2. The molecule has 4 aromatic heterocycles. The van der Waals surface area contributed by atoms with E-state index in [-0.39, 0.29) is 51.0 Å². The molecule has 0 saturated heterocycles. The summed E-state index contributed by atoms with van der Waals surface area (Å²) in [5.74, 6) is -0.524. The van der Waals surface area contributed by atoms with E-state index >= 15 is 0 Å². The van der Waals surface area contributed by atoms with Gasteiger partial charge >= 0.3 is 0 Å². The van der Waals surface area contributed by atoms with Gasteiger partial charge in [0.1, 0.15) is 28.6 Å². The van der Waals surface area contributed by atoms with Crippen molar-refractivity contribution in [2.45, 2.75) is 53.6 Å². The zero-order chi connectivity index (χ0) is 39.2. The van der Waals surface area contributed by atoms with Crippen LogP contribution in [0.3, 0.4) is 0 Å². The smallest absolute Gasteiger partial charge is 0.291 e. The van der Waals surface area contributed by atoms with Crippen molar-refractivity contribution in [1.82, 2.24) is 29.5 Å². The second kappa shape index (κ2) is 16.8. The van der Waals surface area contributed by atoms with Gasteiger partial charge in [0, 0.05) is 41.6 Å². The summed E-state index contributed by atoms with van der Waals surface area (Å²) in [6.07, 6.45) is 6.98. The van der Waals surface area contributed by atoms with Crippen molar-refractivity contribution in [3.8, 4) is 22.5 Å². The molecule has 0 aliphatic heterocycles. The molecule has 1 fully saturated rings. The Labute approximate surface area is 321 Å². The van der Waals surface area contributed by atoms with E-state index in [0.717, 1.165) is 18.5 Å². The standard InChI is InChI=1S/C21H19FN4O2.C20H19ClN4O2/c1-13(27)18-19(15-6-8-16(22)9-7-15)25-26(12-14-4-5-14)21(28)20(18)24-17-3-2-10-23-11-17;1-4-25-20(27)19(23-16-9-6-10-22-12(16)2)17(13(3)26)18(24-25)14-7-5-8-15(21)11-14/h2-3,6-11,14,24H,4-5,12H2,1H3;5-11,23H,4H2,1-3H3. The van der Waals surface area contributed by atoms with E-state index < -0.39 is 0 Å². The minimum Gasteiger partial charge on any atom is -0.349 e. The number of nitrogens with one attached hydrogen (secondary N) is 2. The van der Waals surface area contributed by atoms with Crippen molar-refractivity contribution in [2.24, 2.45) is 5.92 Å². The molecule has 7 rings (SSSR count). The van der Waals surface area contributed by atoms with Gasteiger partial charge < -0.3 is 10.6 Å². The maximum atomic E-state index is 13.4. The third-order valence-corrected chi connectivity index (χ3v) is 9.09. The van der Waals surface area contributed by atoms with E-state index in [0.29, 0.717) is 57.9 Å². The molecule has 14 heteroatoms. The molecule has 6 aromatic rings. The van der Waals surface area contributed by atoms with Crippen molar-refractivity contribution in [3.05, 3.63) is 140 Å². The SMILES string of the molecule is CC(=O)c1c(-c2ccc(F)cc2)nn(CC2CC2)c(=O)c1Nc1cccnc1.CCn1nc(-c2cccc(Cl)c2)c(C(C)=O)c(Nc2cccnc2C)c1=O. The van der Waals surface area contributed by atoms with Crippen molar-refractivity contribution in [1.29, 1.82) is 0 Å². The lowest BCUT2D eigenvalue weighted by atomic mass is 10.0. The highest BCUT2D eigenvalue weighted by atomic mass is 35.5. The topological polar surface area (TPSA) is 154 Å². The minimum absolute atomic E-state index is 0.162. The van der Waals surface area contributed by atoms with Gasteiger partial charge in [-0.25, -0.2) is 13.8 Å². The summed E-state index contributed by atoms with van der Waals surface area (Å²) in [6, 6.07) is 19.9. The number of anilines is 4. The Bertz CT molecular complexity index is 2500. The van der Waals surface area contributed by atoms with Crippen LogP contribution in [0.1, 0.15) is 60.0 Å². The molecule has 0 spiro atoms. The number of aryl methyl sites for hydroxylation is 2. The van der Waals surface area contributed by atoms with Crippen molar-refractivity contribution in [3.63, 3.8) is 0 Å². The van der Waals surface area contributed by atoms with Gasteiger partial charge in [-0.05, 0) is 107 Å².